The molecule has 0 atom stereocenters. The molecule has 0 spiro atoms. The van der Waals surface area contributed by atoms with Gasteiger partial charge < -0.3 is 14.1 Å². The number of aromatic nitrogens is 1. The molecule has 1 amide bonds. The highest BCUT2D eigenvalue weighted by Gasteiger charge is 2.22. The summed E-state index contributed by atoms with van der Waals surface area (Å²) in [7, 11) is 1.64. The Morgan fingerprint density at radius 3 is 2.96 bits per heavy atom. The number of hydrogen-bond donors (Lipinski definition) is 0. The molecule has 0 aliphatic carbocycles. The van der Waals surface area contributed by atoms with Gasteiger partial charge >= 0.3 is 5.97 Å². The summed E-state index contributed by atoms with van der Waals surface area (Å²) in [6.45, 7) is 2.07. The smallest absolute Gasteiger partial charge is 0.310 e. The van der Waals surface area contributed by atoms with Gasteiger partial charge in [-0.3, -0.25) is 9.59 Å². The van der Waals surface area contributed by atoms with E-state index in [-0.39, 0.29) is 29.1 Å². The lowest BCUT2D eigenvalue weighted by atomic mass is 10.2. The van der Waals surface area contributed by atoms with E-state index < -0.39 is 0 Å². The number of furan rings is 1. The SMILES string of the molecule is CCOC(=O)Cc1ccsc1N(C)C(=O)c1cc2ccoc2c(Cl)n1. The molecule has 0 aromatic carbocycles. The van der Waals surface area contributed by atoms with Crippen LogP contribution in [0.1, 0.15) is 23.0 Å². The van der Waals surface area contributed by atoms with Crippen molar-refractivity contribution in [1.82, 2.24) is 4.98 Å². The van der Waals surface area contributed by atoms with Gasteiger partial charge in [-0.2, -0.15) is 0 Å². The molecule has 3 heterocycles. The van der Waals surface area contributed by atoms with Gasteiger partial charge in [-0.25, -0.2) is 4.98 Å². The van der Waals surface area contributed by atoms with Gasteiger partial charge in [-0.1, -0.05) is 11.6 Å². The molecule has 0 aliphatic rings. The number of rotatable bonds is 5. The number of fused-ring (bicyclic) bond motifs is 1. The number of halogens is 1. The van der Waals surface area contributed by atoms with Crippen LogP contribution in [0.4, 0.5) is 5.00 Å². The van der Waals surface area contributed by atoms with Crippen molar-refractivity contribution in [2.45, 2.75) is 13.3 Å². The molecule has 8 heteroatoms. The first-order valence-electron chi connectivity index (χ1n) is 7.55. The van der Waals surface area contributed by atoms with Crippen molar-refractivity contribution in [2.24, 2.45) is 0 Å². The Hall–Kier alpha value is -2.38. The number of nitrogens with zero attached hydrogens (tertiary/aromatic N) is 2. The Bertz CT molecular complexity index is 934. The number of anilines is 1. The molecule has 0 unspecified atom stereocenters. The summed E-state index contributed by atoms with van der Waals surface area (Å²) in [5.41, 5.74) is 1.38. The van der Waals surface area contributed by atoms with Crippen molar-refractivity contribution < 1.29 is 18.7 Å². The fraction of sp³-hybridized carbons (Fsp3) is 0.235. The van der Waals surface area contributed by atoms with E-state index in [1.807, 2.05) is 5.38 Å². The van der Waals surface area contributed by atoms with Gasteiger partial charge in [0.2, 0.25) is 0 Å². The van der Waals surface area contributed by atoms with Crippen LogP contribution < -0.4 is 4.90 Å². The number of amides is 1. The molecule has 0 radical (unpaired) electrons. The highest BCUT2D eigenvalue weighted by atomic mass is 35.5. The zero-order valence-corrected chi connectivity index (χ0v) is 15.2. The second-order valence-corrected chi connectivity index (χ2v) is 6.49. The van der Waals surface area contributed by atoms with Gasteiger partial charge in [-0.05, 0) is 36.1 Å². The van der Waals surface area contributed by atoms with Crippen molar-refractivity contribution in [2.75, 3.05) is 18.6 Å². The largest absolute Gasteiger partial charge is 0.466 e. The van der Waals surface area contributed by atoms with E-state index in [1.165, 1.54) is 22.5 Å². The van der Waals surface area contributed by atoms with Gasteiger partial charge in [0.05, 0.1) is 19.3 Å². The number of thiophene rings is 1. The third kappa shape index (κ3) is 3.52. The molecule has 3 aromatic rings. The summed E-state index contributed by atoms with van der Waals surface area (Å²) >= 11 is 7.45. The first kappa shape index (κ1) is 17.4. The number of esters is 1. The van der Waals surface area contributed by atoms with E-state index in [4.69, 9.17) is 20.8 Å². The second kappa shape index (κ2) is 7.25. The Balaban J connectivity index is 1.87. The highest BCUT2D eigenvalue weighted by Crippen LogP contribution is 2.30. The van der Waals surface area contributed by atoms with Crippen LogP contribution in [0.2, 0.25) is 5.15 Å². The van der Waals surface area contributed by atoms with Gasteiger partial charge in [-0.15, -0.1) is 11.3 Å². The van der Waals surface area contributed by atoms with Crippen LogP contribution >= 0.6 is 22.9 Å². The lowest BCUT2D eigenvalue weighted by molar-refractivity contribution is -0.142. The van der Waals surface area contributed by atoms with Crippen LogP contribution in [-0.4, -0.2) is 30.5 Å². The van der Waals surface area contributed by atoms with Gasteiger partial charge in [0.25, 0.3) is 5.91 Å². The third-order valence-electron chi connectivity index (χ3n) is 3.59. The fourth-order valence-electron chi connectivity index (χ4n) is 2.43. The van der Waals surface area contributed by atoms with Gasteiger partial charge in [0, 0.05) is 12.4 Å². The van der Waals surface area contributed by atoms with Crippen molar-refractivity contribution >= 4 is 50.8 Å². The Morgan fingerprint density at radius 1 is 1.40 bits per heavy atom. The summed E-state index contributed by atoms with van der Waals surface area (Å²) < 4.78 is 10.2. The number of pyridine rings is 1. The summed E-state index contributed by atoms with van der Waals surface area (Å²) in [5.74, 6) is -0.651. The van der Waals surface area contributed by atoms with E-state index >= 15 is 0 Å². The summed E-state index contributed by atoms with van der Waals surface area (Å²) in [6, 6.07) is 5.15. The average Bonchev–Trinajstić information content (AvgIpc) is 3.22. The first-order valence-corrected chi connectivity index (χ1v) is 8.80. The predicted octanol–water partition coefficient (Wildman–Crippen LogP) is 3.92. The Labute approximate surface area is 153 Å². The molecule has 25 heavy (non-hydrogen) atoms. The molecule has 3 aromatic heterocycles. The molecule has 0 aliphatic heterocycles. The minimum absolute atomic E-state index is 0.110. The van der Waals surface area contributed by atoms with Crippen LogP contribution in [0.15, 0.2) is 34.3 Å². The Morgan fingerprint density at radius 2 is 2.20 bits per heavy atom. The van der Waals surface area contributed by atoms with Crippen molar-refractivity contribution in [3.8, 4) is 0 Å². The number of ether oxygens (including phenoxy) is 1. The van der Waals surface area contributed by atoms with Crippen LogP contribution in [-0.2, 0) is 16.0 Å². The normalized spacial score (nSPS) is 10.8. The average molecular weight is 379 g/mol. The van der Waals surface area contributed by atoms with Crippen LogP contribution in [0.3, 0.4) is 0 Å². The summed E-state index contributed by atoms with van der Waals surface area (Å²) in [4.78, 5) is 30.1. The molecule has 3 rings (SSSR count). The standard InChI is InChI=1S/C17H15ClN2O4S/c1-3-23-13(21)9-11-5-7-25-17(11)20(2)16(22)12-8-10-4-6-24-14(10)15(18)19-12/h4-8H,3,9H2,1-2H3. The van der Waals surface area contributed by atoms with Crippen molar-refractivity contribution in [3.05, 3.63) is 46.3 Å². The lowest BCUT2D eigenvalue weighted by Crippen LogP contribution is -2.27. The van der Waals surface area contributed by atoms with E-state index in [9.17, 15) is 9.59 Å². The predicted molar refractivity (Wildman–Crippen MR) is 96.4 cm³/mol. The quantitative estimate of drug-likeness (QED) is 0.497. The van der Waals surface area contributed by atoms with Crippen molar-refractivity contribution in [3.63, 3.8) is 0 Å². The van der Waals surface area contributed by atoms with Gasteiger partial charge in [0.1, 0.15) is 10.7 Å². The molecule has 0 saturated carbocycles. The fourth-order valence-corrected chi connectivity index (χ4v) is 3.57. The maximum Gasteiger partial charge on any atom is 0.310 e. The maximum absolute atomic E-state index is 12.8. The summed E-state index contributed by atoms with van der Waals surface area (Å²) in [6.07, 6.45) is 1.60. The zero-order valence-electron chi connectivity index (χ0n) is 13.6. The van der Waals surface area contributed by atoms with E-state index in [1.54, 1.807) is 32.2 Å². The molecule has 0 fully saturated rings. The van der Waals surface area contributed by atoms with E-state index in [0.29, 0.717) is 22.6 Å². The molecule has 0 bridgehead atoms. The Kier molecular flexibility index (Phi) is 5.06. The summed E-state index contributed by atoms with van der Waals surface area (Å²) in [5, 5.41) is 3.34. The van der Waals surface area contributed by atoms with E-state index in [2.05, 4.69) is 4.98 Å². The monoisotopic (exact) mass is 378 g/mol. The maximum atomic E-state index is 12.8. The van der Waals surface area contributed by atoms with Crippen LogP contribution in [0.5, 0.6) is 0 Å². The van der Waals surface area contributed by atoms with Gasteiger partial charge in [0.15, 0.2) is 10.7 Å². The minimum atomic E-state index is -0.330. The molecular formula is C17H15ClN2O4S. The number of hydrogen-bond acceptors (Lipinski definition) is 6. The van der Waals surface area contributed by atoms with E-state index in [0.717, 1.165) is 5.56 Å². The molecule has 0 N–H and O–H groups in total. The molecule has 0 saturated heterocycles. The highest BCUT2D eigenvalue weighted by molar-refractivity contribution is 7.14. The molecular weight excluding hydrogens is 364 g/mol. The number of carbonyl (C=O) groups is 2. The topological polar surface area (TPSA) is 72.6 Å². The van der Waals surface area contributed by atoms with Crippen LogP contribution in [0.25, 0.3) is 11.0 Å². The molecule has 130 valence electrons. The second-order valence-electron chi connectivity index (χ2n) is 5.23. The lowest BCUT2D eigenvalue weighted by Gasteiger charge is -2.17. The minimum Gasteiger partial charge on any atom is -0.466 e. The van der Waals surface area contributed by atoms with Crippen molar-refractivity contribution in [1.29, 1.82) is 0 Å². The first-order chi connectivity index (χ1) is 12.0. The van der Waals surface area contributed by atoms with Crippen LogP contribution in [0, 0.1) is 0 Å². The zero-order chi connectivity index (χ0) is 18.0. The molecule has 6 nitrogen and oxygen atoms in total. The number of carbonyl (C=O) groups excluding carboxylic acids is 2. The third-order valence-corrected chi connectivity index (χ3v) is 4.87.